The first-order chi connectivity index (χ1) is 12.4. The zero-order valence-corrected chi connectivity index (χ0v) is 14.7. The smallest absolute Gasteiger partial charge is 0.340 e. The largest absolute Gasteiger partial charge is 0.462 e. The SMILES string of the molecule is CCOC(=O)c1c(C)nc(C(F)F)c(C(=O)OCC)c1-c1ccccc1. The number of esters is 2. The maximum absolute atomic E-state index is 13.6. The first kappa shape index (κ1) is 19.5. The Morgan fingerprint density at radius 2 is 1.54 bits per heavy atom. The van der Waals surface area contributed by atoms with E-state index in [1.165, 1.54) is 6.92 Å². The number of carbonyl (C=O) groups is 2. The second-order valence-corrected chi connectivity index (χ2v) is 5.32. The van der Waals surface area contributed by atoms with Gasteiger partial charge in [-0.3, -0.25) is 4.98 Å². The molecule has 0 bridgehead atoms. The molecule has 0 saturated carbocycles. The van der Waals surface area contributed by atoms with Gasteiger partial charge in [0, 0.05) is 5.56 Å². The van der Waals surface area contributed by atoms with E-state index in [2.05, 4.69) is 4.98 Å². The number of halogens is 2. The molecule has 2 rings (SSSR count). The molecule has 0 spiro atoms. The summed E-state index contributed by atoms with van der Waals surface area (Å²) in [6, 6.07) is 8.33. The van der Waals surface area contributed by atoms with E-state index >= 15 is 0 Å². The first-order valence-electron chi connectivity index (χ1n) is 8.14. The number of ether oxygens (including phenoxy) is 2. The third-order valence-corrected chi connectivity index (χ3v) is 3.63. The van der Waals surface area contributed by atoms with Crippen molar-refractivity contribution in [3.8, 4) is 11.1 Å². The molecule has 0 aliphatic heterocycles. The van der Waals surface area contributed by atoms with E-state index in [0.717, 1.165) is 0 Å². The predicted octanol–water partition coefficient (Wildman–Crippen LogP) is 4.35. The molecule has 0 radical (unpaired) electrons. The predicted molar refractivity (Wildman–Crippen MR) is 91.3 cm³/mol. The highest BCUT2D eigenvalue weighted by Gasteiger charge is 2.32. The van der Waals surface area contributed by atoms with E-state index in [-0.39, 0.29) is 30.0 Å². The highest BCUT2D eigenvalue weighted by molar-refractivity contribution is 6.07. The molecule has 0 aliphatic rings. The summed E-state index contributed by atoms with van der Waals surface area (Å²) in [5.74, 6) is -1.69. The van der Waals surface area contributed by atoms with Crippen LogP contribution in [0.15, 0.2) is 30.3 Å². The van der Waals surface area contributed by atoms with Gasteiger partial charge in [0.15, 0.2) is 0 Å². The highest BCUT2D eigenvalue weighted by Crippen LogP contribution is 2.35. The Bertz CT molecular complexity index is 807. The number of nitrogens with zero attached hydrogens (tertiary/aromatic N) is 1. The summed E-state index contributed by atoms with van der Waals surface area (Å²) >= 11 is 0. The van der Waals surface area contributed by atoms with Crippen molar-refractivity contribution in [1.82, 2.24) is 4.98 Å². The van der Waals surface area contributed by atoms with Gasteiger partial charge in [0.1, 0.15) is 5.69 Å². The molecular formula is C19H19F2NO4. The molecule has 0 saturated heterocycles. The van der Waals surface area contributed by atoms with Crippen molar-refractivity contribution < 1.29 is 27.8 Å². The lowest BCUT2D eigenvalue weighted by Crippen LogP contribution is -2.19. The van der Waals surface area contributed by atoms with Crippen LogP contribution >= 0.6 is 0 Å². The topological polar surface area (TPSA) is 65.5 Å². The van der Waals surface area contributed by atoms with E-state index in [0.29, 0.717) is 5.56 Å². The van der Waals surface area contributed by atoms with Crippen LogP contribution in [-0.4, -0.2) is 30.1 Å². The lowest BCUT2D eigenvalue weighted by molar-refractivity contribution is 0.0513. The second-order valence-electron chi connectivity index (χ2n) is 5.32. The van der Waals surface area contributed by atoms with Gasteiger partial charge in [-0.15, -0.1) is 0 Å². The minimum Gasteiger partial charge on any atom is -0.462 e. The van der Waals surface area contributed by atoms with Crippen LogP contribution in [-0.2, 0) is 9.47 Å². The van der Waals surface area contributed by atoms with Crippen LogP contribution < -0.4 is 0 Å². The summed E-state index contributed by atoms with van der Waals surface area (Å²) in [6.07, 6.45) is -3.01. The van der Waals surface area contributed by atoms with Crippen molar-refractivity contribution in [3.05, 3.63) is 52.8 Å². The fourth-order valence-corrected chi connectivity index (χ4v) is 2.64. The number of hydrogen-bond acceptors (Lipinski definition) is 5. The molecule has 1 heterocycles. The zero-order chi connectivity index (χ0) is 19.3. The maximum atomic E-state index is 13.6. The summed E-state index contributed by atoms with van der Waals surface area (Å²) in [4.78, 5) is 28.7. The lowest BCUT2D eigenvalue weighted by Gasteiger charge is -2.18. The fraction of sp³-hybridized carbons (Fsp3) is 0.316. The Morgan fingerprint density at radius 1 is 1.00 bits per heavy atom. The van der Waals surface area contributed by atoms with Gasteiger partial charge in [-0.1, -0.05) is 30.3 Å². The molecule has 0 fully saturated rings. The standard InChI is InChI=1S/C19H19F2NO4/c1-4-25-18(23)13-11(3)22-16(17(20)21)15(19(24)26-5-2)14(13)12-9-7-6-8-10-12/h6-10,17H,4-5H2,1-3H3. The molecule has 26 heavy (non-hydrogen) atoms. The second kappa shape index (κ2) is 8.51. The molecule has 138 valence electrons. The third kappa shape index (κ3) is 3.87. The Hall–Kier alpha value is -2.83. The van der Waals surface area contributed by atoms with Crippen molar-refractivity contribution in [1.29, 1.82) is 0 Å². The molecule has 2 aromatic rings. The average molecular weight is 363 g/mol. The number of carbonyl (C=O) groups excluding carboxylic acids is 2. The van der Waals surface area contributed by atoms with Crippen molar-refractivity contribution in [3.63, 3.8) is 0 Å². The van der Waals surface area contributed by atoms with E-state index in [1.54, 1.807) is 44.2 Å². The van der Waals surface area contributed by atoms with Crippen molar-refractivity contribution in [2.75, 3.05) is 13.2 Å². The minimum atomic E-state index is -3.01. The van der Waals surface area contributed by atoms with E-state index < -0.39 is 29.6 Å². The molecule has 0 N–H and O–H groups in total. The summed E-state index contributed by atoms with van der Waals surface area (Å²) < 4.78 is 37.2. The Kier molecular flexibility index (Phi) is 6.38. The Labute approximate surface area is 150 Å². The summed E-state index contributed by atoms with van der Waals surface area (Å²) in [5, 5.41) is 0. The monoisotopic (exact) mass is 363 g/mol. The van der Waals surface area contributed by atoms with Gasteiger partial charge in [-0.05, 0) is 26.3 Å². The lowest BCUT2D eigenvalue weighted by atomic mass is 9.92. The van der Waals surface area contributed by atoms with Gasteiger partial charge in [0.25, 0.3) is 6.43 Å². The number of benzene rings is 1. The zero-order valence-electron chi connectivity index (χ0n) is 14.7. The molecule has 0 unspecified atom stereocenters. The Balaban J connectivity index is 2.91. The highest BCUT2D eigenvalue weighted by atomic mass is 19.3. The van der Waals surface area contributed by atoms with Crippen molar-refractivity contribution in [2.24, 2.45) is 0 Å². The van der Waals surface area contributed by atoms with Crippen LogP contribution in [0.4, 0.5) is 8.78 Å². The normalized spacial score (nSPS) is 10.7. The fourth-order valence-electron chi connectivity index (χ4n) is 2.64. The third-order valence-electron chi connectivity index (χ3n) is 3.63. The van der Waals surface area contributed by atoms with Crippen LogP contribution in [0, 0.1) is 6.92 Å². The molecule has 0 aliphatic carbocycles. The molecule has 0 amide bonds. The van der Waals surface area contributed by atoms with Crippen LogP contribution in [0.1, 0.15) is 52.4 Å². The number of aryl methyl sites for hydroxylation is 1. The van der Waals surface area contributed by atoms with Crippen molar-refractivity contribution in [2.45, 2.75) is 27.2 Å². The van der Waals surface area contributed by atoms with Gasteiger partial charge >= 0.3 is 11.9 Å². The number of alkyl halides is 2. The summed E-state index contributed by atoms with van der Waals surface area (Å²) in [7, 11) is 0. The molecule has 1 aromatic carbocycles. The van der Waals surface area contributed by atoms with Gasteiger partial charge in [0.2, 0.25) is 0 Å². The molecule has 1 aromatic heterocycles. The van der Waals surface area contributed by atoms with E-state index in [4.69, 9.17) is 9.47 Å². The number of aromatic nitrogens is 1. The van der Waals surface area contributed by atoms with Crippen LogP contribution in [0.2, 0.25) is 0 Å². The Morgan fingerprint density at radius 3 is 2.04 bits per heavy atom. The van der Waals surface area contributed by atoms with Crippen molar-refractivity contribution >= 4 is 11.9 Å². The average Bonchev–Trinajstić information content (AvgIpc) is 2.61. The number of hydrogen-bond donors (Lipinski definition) is 0. The number of pyridine rings is 1. The van der Waals surface area contributed by atoms with Crippen LogP contribution in [0.5, 0.6) is 0 Å². The molecule has 5 nitrogen and oxygen atoms in total. The van der Waals surface area contributed by atoms with E-state index in [9.17, 15) is 18.4 Å². The minimum absolute atomic E-state index is 0.00163. The molecule has 7 heteroatoms. The quantitative estimate of drug-likeness (QED) is 0.714. The summed E-state index contributed by atoms with van der Waals surface area (Å²) in [6.45, 7) is 4.72. The van der Waals surface area contributed by atoms with Crippen LogP contribution in [0.25, 0.3) is 11.1 Å². The summed E-state index contributed by atoms with van der Waals surface area (Å²) in [5.41, 5.74) is -0.623. The molecular weight excluding hydrogens is 344 g/mol. The first-order valence-corrected chi connectivity index (χ1v) is 8.14. The molecule has 0 atom stereocenters. The van der Waals surface area contributed by atoms with Gasteiger partial charge < -0.3 is 9.47 Å². The van der Waals surface area contributed by atoms with Gasteiger partial charge in [-0.2, -0.15) is 0 Å². The maximum Gasteiger partial charge on any atom is 0.340 e. The number of rotatable bonds is 6. The van der Waals surface area contributed by atoms with Gasteiger partial charge in [-0.25, -0.2) is 18.4 Å². The van der Waals surface area contributed by atoms with Gasteiger partial charge in [0.05, 0.1) is 30.0 Å². The van der Waals surface area contributed by atoms with E-state index in [1.807, 2.05) is 0 Å². The van der Waals surface area contributed by atoms with Crippen LogP contribution in [0.3, 0.4) is 0 Å².